The molecule has 41 heavy (non-hydrogen) atoms. The highest BCUT2D eigenvalue weighted by Crippen LogP contribution is 2.92. The summed E-state index contributed by atoms with van der Waals surface area (Å²) >= 11 is 0. The van der Waals surface area contributed by atoms with Crippen molar-refractivity contribution in [2.45, 2.75) is 74.1 Å². The van der Waals surface area contributed by atoms with Gasteiger partial charge in [0, 0.05) is 53.5 Å². The van der Waals surface area contributed by atoms with Crippen LogP contribution in [0.2, 0.25) is 0 Å². The van der Waals surface area contributed by atoms with Crippen molar-refractivity contribution in [1.82, 2.24) is 10.2 Å². The van der Waals surface area contributed by atoms with E-state index in [2.05, 4.69) is 46.6 Å². The van der Waals surface area contributed by atoms with Gasteiger partial charge < -0.3 is 19.3 Å². The number of carboxylic acid groups (broad SMARTS) is 1. The van der Waals surface area contributed by atoms with Gasteiger partial charge in [-0.25, -0.2) is 0 Å². The molecule has 6 fully saturated rings. The molecule has 5 saturated carbocycles. The van der Waals surface area contributed by atoms with Crippen LogP contribution in [-0.4, -0.2) is 67.6 Å². The average Bonchev–Trinajstić information content (AvgIpc) is 3.82. The second-order valence-corrected chi connectivity index (χ2v) is 14.1. The molecule has 2 aromatic rings. The minimum absolute atomic E-state index is 0.0521. The monoisotopic (exact) mass is 556 g/mol. The van der Waals surface area contributed by atoms with Crippen molar-refractivity contribution in [1.29, 1.82) is 0 Å². The van der Waals surface area contributed by atoms with Crippen molar-refractivity contribution < 1.29 is 24.1 Å². The molecular weight excluding hydrogens is 516 g/mol. The fourth-order valence-corrected chi connectivity index (χ4v) is 11.7. The number of benzene rings is 2. The van der Waals surface area contributed by atoms with Crippen molar-refractivity contribution >= 4 is 5.97 Å². The van der Waals surface area contributed by atoms with Gasteiger partial charge in [0.15, 0.2) is 11.5 Å². The van der Waals surface area contributed by atoms with E-state index in [0.29, 0.717) is 12.0 Å². The molecule has 216 valence electrons. The van der Waals surface area contributed by atoms with Gasteiger partial charge in [-0.2, -0.15) is 0 Å². The summed E-state index contributed by atoms with van der Waals surface area (Å²) in [6, 6.07) is 15.3. The van der Waals surface area contributed by atoms with E-state index in [1.807, 2.05) is 13.2 Å². The number of nitrogens with zero attached hydrogens (tertiary/aromatic N) is 1. The van der Waals surface area contributed by atoms with Gasteiger partial charge in [-0.15, -0.1) is 0 Å². The Balaban J connectivity index is 1.27. The Morgan fingerprint density at radius 3 is 2.76 bits per heavy atom. The maximum Gasteiger partial charge on any atom is 0.317 e. The minimum Gasteiger partial charge on any atom is -0.493 e. The topological polar surface area (TPSA) is 80.3 Å². The quantitative estimate of drug-likeness (QED) is 0.476. The lowest BCUT2D eigenvalue weighted by molar-refractivity contribution is -0.186. The second kappa shape index (κ2) is 8.06. The summed E-state index contributed by atoms with van der Waals surface area (Å²) in [6.07, 6.45) is 8.08. The molecule has 0 amide bonds. The fourth-order valence-electron chi connectivity index (χ4n) is 11.7. The highest BCUT2D eigenvalue weighted by Gasteiger charge is 2.98. The molecule has 7 heteroatoms. The lowest BCUT2D eigenvalue weighted by atomic mass is 9.42. The zero-order chi connectivity index (χ0) is 27.8. The van der Waals surface area contributed by atoms with Crippen LogP contribution in [0.25, 0.3) is 0 Å². The van der Waals surface area contributed by atoms with Crippen LogP contribution in [-0.2, 0) is 21.4 Å². The number of methoxy groups -OCH3 is 2. The van der Waals surface area contributed by atoms with E-state index >= 15 is 0 Å². The van der Waals surface area contributed by atoms with Crippen LogP contribution in [0.5, 0.6) is 11.5 Å². The van der Waals surface area contributed by atoms with E-state index in [1.165, 1.54) is 30.5 Å². The summed E-state index contributed by atoms with van der Waals surface area (Å²) in [7, 11) is 3.63. The smallest absolute Gasteiger partial charge is 0.317 e. The van der Waals surface area contributed by atoms with Gasteiger partial charge in [0.1, 0.15) is 11.7 Å². The van der Waals surface area contributed by atoms with Crippen LogP contribution in [0.15, 0.2) is 42.5 Å². The van der Waals surface area contributed by atoms with Crippen molar-refractivity contribution in [3.8, 4) is 11.5 Å². The summed E-state index contributed by atoms with van der Waals surface area (Å²) in [5, 5.41) is 13.3. The first-order valence-corrected chi connectivity index (χ1v) is 15.6. The van der Waals surface area contributed by atoms with E-state index < -0.39 is 11.6 Å². The Bertz CT molecular complexity index is 1440. The van der Waals surface area contributed by atoms with E-state index in [-0.39, 0.29) is 34.9 Å². The molecule has 2 aliphatic heterocycles. The maximum atomic E-state index is 11.9. The first-order chi connectivity index (χ1) is 20.0. The third-order valence-corrected chi connectivity index (χ3v) is 12.9. The Kier molecular flexibility index (Phi) is 4.90. The molecule has 8 aliphatic rings. The lowest BCUT2D eigenvalue weighted by Crippen LogP contribution is -2.72. The Labute approximate surface area is 241 Å². The van der Waals surface area contributed by atoms with Crippen LogP contribution >= 0.6 is 0 Å². The SMILES string of the molecule is COc1ccc2c3c1OC1C34CCCN(CC3CC3)C(C2)C42CC3C(C(NCC(=O)O)c4ccccc4)(C2)C13OC. The van der Waals surface area contributed by atoms with Crippen LogP contribution in [0.1, 0.15) is 61.3 Å². The number of aliphatic carboxylic acids is 1. The third kappa shape index (κ3) is 2.71. The predicted molar refractivity (Wildman–Crippen MR) is 152 cm³/mol. The van der Waals surface area contributed by atoms with Crippen molar-refractivity contribution in [3.63, 3.8) is 0 Å². The molecule has 8 atom stereocenters. The fraction of sp³-hybridized carbons (Fsp3) is 0.618. The highest BCUT2D eigenvalue weighted by atomic mass is 16.6. The molecule has 1 saturated heterocycles. The molecule has 0 aromatic heterocycles. The molecule has 0 radical (unpaired) electrons. The highest BCUT2D eigenvalue weighted by molar-refractivity contribution is 5.70. The number of hydrogen-bond acceptors (Lipinski definition) is 6. The van der Waals surface area contributed by atoms with Gasteiger partial charge >= 0.3 is 5.97 Å². The molecule has 8 unspecified atom stereocenters. The molecule has 2 aromatic carbocycles. The minimum atomic E-state index is -0.829. The van der Waals surface area contributed by atoms with Gasteiger partial charge in [-0.3, -0.25) is 15.0 Å². The van der Waals surface area contributed by atoms with Crippen LogP contribution in [0, 0.1) is 22.7 Å². The molecule has 2 heterocycles. The number of rotatable bonds is 9. The van der Waals surface area contributed by atoms with Gasteiger partial charge in [0.05, 0.1) is 13.7 Å². The van der Waals surface area contributed by atoms with E-state index in [4.69, 9.17) is 14.2 Å². The summed E-state index contributed by atoms with van der Waals surface area (Å²) in [4.78, 5) is 14.8. The van der Waals surface area contributed by atoms with E-state index in [9.17, 15) is 9.90 Å². The Hall–Kier alpha value is -2.61. The summed E-state index contributed by atoms with van der Waals surface area (Å²) in [6.45, 7) is 2.28. The van der Waals surface area contributed by atoms with Crippen molar-refractivity contribution in [3.05, 3.63) is 59.2 Å². The van der Waals surface area contributed by atoms with E-state index in [1.54, 1.807) is 7.11 Å². The summed E-state index contributed by atoms with van der Waals surface area (Å²) in [5.41, 5.74) is 3.20. The molecule has 6 aliphatic carbocycles. The van der Waals surface area contributed by atoms with Gasteiger partial charge in [-0.1, -0.05) is 36.4 Å². The van der Waals surface area contributed by atoms with Gasteiger partial charge in [0.25, 0.3) is 0 Å². The number of carbonyl (C=O) groups is 1. The molecular formula is C34H40N2O5. The number of ether oxygens (including phenoxy) is 3. The first kappa shape index (κ1) is 24.9. The molecule has 2 N–H and O–H groups in total. The van der Waals surface area contributed by atoms with E-state index in [0.717, 1.165) is 61.6 Å². The standard InChI is InChI=1S/C34H40N2O5/c1-39-23-12-11-22-15-25-31-16-24-33(19-31,29(35-17-26(37)38)21-7-4-3-5-8-21)34(24,40-2)30-32(31,27(22)28(23)41-30)13-6-14-36(25)18-20-9-10-20/h3-5,7-8,11-12,20,24-25,29-30,35H,6,9-10,13-19H2,1-2H3,(H,37,38). The normalized spacial score (nSPS) is 41.3. The predicted octanol–water partition coefficient (Wildman–Crippen LogP) is 4.34. The third-order valence-electron chi connectivity index (χ3n) is 12.9. The van der Waals surface area contributed by atoms with Crippen LogP contribution < -0.4 is 14.8 Å². The number of hydrogen-bond donors (Lipinski definition) is 2. The molecule has 2 spiro atoms. The average molecular weight is 557 g/mol. The molecule has 7 nitrogen and oxygen atoms in total. The Morgan fingerprint density at radius 1 is 1.20 bits per heavy atom. The van der Waals surface area contributed by atoms with Gasteiger partial charge in [-0.05, 0) is 74.6 Å². The van der Waals surface area contributed by atoms with Gasteiger partial charge in [0.2, 0.25) is 0 Å². The Morgan fingerprint density at radius 2 is 2.02 bits per heavy atom. The zero-order valence-corrected chi connectivity index (χ0v) is 24.0. The summed E-state index contributed by atoms with van der Waals surface area (Å²) < 4.78 is 20.0. The first-order valence-electron chi connectivity index (χ1n) is 15.6. The van der Waals surface area contributed by atoms with Crippen LogP contribution in [0.4, 0.5) is 0 Å². The number of likely N-dealkylation sites (tertiary alicyclic amines) is 1. The van der Waals surface area contributed by atoms with Crippen molar-refractivity contribution in [2.24, 2.45) is 22.7 Å². The lowest BCUT2D eigenvalue weighted by Gasteiger charge is -2.64. The number of nitrogens with one attached hydrogen (secondary N) is 1. The van der Waals surface area contributed by atoms with Crippen LogP contribution in [0.3, 0.4) is 0 Å². The zero-order valence-electron chi connectivity index (χ0n) is 24.0. The molecule has 6 bridgehead atoms. The van der Waals surface area contributed by atoms with Crippen molar-refractivity contribution in [2.75, 3.05) is 33.9 Å². The second-order valence-electron chi connectivity index (χ2n) is 14.1. The maximum absolute atomic E-state index is 11.9. The largest absolute Gasteiger partial charge is 0.493 e. The molecule has 10 rings (SSSR count). The number of carboxylic acids is 1. The summed E-state index contributed by atoms with van der Waals surface area (Å²) in [5.74, 6) is 2.09.